The molecule has 2 rings (SSSR count). The molecule has 0 atom stereocenters. The average Bonchev–Trinajstić information content (AvgIpc) is 2.68. The van der Waals surface area contributed by atoms with Crippen LogP contribution in [0.25, 0.3) is 0 Å². The Kier molecular flexibility index (Phi) is 4.13. The molecular weight excluding hydrogens is 288 g/mol. The van der Waals surface area contributed by atoms with Crippen molar-refractivity contribution in [1.29, 1.82) is 0 Å². The average molecular weight is 303 g/mol. The Morgan fingerprint density at radius 3 is 2.62 bits per heavy atom. The molecule has 1 fully saturated rings. The van der Waals surface area contributed by atoms with E-state index in [9.17, 15) is 4.79 Å². The van der Waals surface area contributed by atoms with Gasteiger partial charge in [0.15, 0.2) is 5.78 Å². The van der Waals surface area contributed by atoms with E-state index in [0.717, 1.165) is 34.8 Å². The fourth-order valence-electron chi connectivity index (χ4n) is 1.75. The maximum Gasteiger partial charge on any atom is 0.186 e. The number of carbonyl (C=O) groups is 1. The van der Waals surface area contributed by atoms with Crippen LogP contribution in [0.1, 0.15) is 9.67 Å². The molecule has 0 aromatic carbocycles. The highest BCUT2D eigenvalue weighted by atomic mass is 79.9. The quantitative estimate of drug-likeness (QED) is 0.797. The van der Waals surface area contributed by atoms with Gasteiger partial charge in [-0.1, -0.05) is 0 Å². The predicted octanol–water partition coefficient (Wildman–Crippen LogP) is 1.94. The Balaban J connectivity index is 1.88. The highest BCUT2D eigenvalue weighted by Crippen LogP contribution is 2.22. The molecular formula is C11H15BrN2OS. The van der Waals surface area contributed by atoms with Crippen molar-refractivity contribution in [1.82, 2.24) is 9.80 Å². The van der Waals surface area contributed by atoms with E-state index in [2.05, 4.69) is 32.8 Å². The van der Waals surface area contributed by atoms with Crippen LogP contribution in [0.4, 0.5) is 0 Å². The number of rotatable bonds is 3. The maximum atomic E-state index is 11.9. The summed E-state index contributed by atoms with van der Waals surface area (Å²) in [6.07, 6.45) is 0. The third-order valence-electron chi connectivity index (χ3n) is 2.81. The van der Waals surface area contributed by atoms with Gasteiger partial charge in [-0.3, -0.25) is 9.69 Å². The number of thiophene rings is 1. The van der Waals surface area contributed by atoms with Gasteiger partial charge in [-0.25, -0.2) is 0 Å². The second-order valence-corrected chi connectivity index (χ2v) is 6.57. The molecule has 0 aliphatic carbocycles. The van der Waals surface area contributed by atoms with Crippen molar-refractivity contribution >= 4 is 33.0 Å². The second kappa shape index (κ2) is 5.40. The van der Waals surface area contributed by atoms with Crippen LogP contribution in [0.5, 0.6) is 0 Å². The fraction of sp³-hybridized carbons (Fsp3) is 0.545. The van der Waals surface area contributed by atoms with E-state index < -0.39 is 0 Å². The van der Waals surface area contributed by atoms with Gasteiger partial charge in [-0.05, 0) is 35.1 Å². The third-order valence-corrected chi connectivity index (χ3v) is 4.48. The number of Topliss-reactive ketones (excluding diaryl/α,β-unsaturated/α-hetero) is 1. The summed E-state index contributed by atoms with van der Waals surface area (Å²) in [5.74, 6) is 0.236. The van der Waals surface area contributed by atoms with E-state index >= 15 is 0 Å². The smallest absolute Gasteiger partial charge is 0.186 e. The first-order valence-electron chi connectivity index (χ1n) is 5.34. The Morgan fingerprint density at radius 1 is 1.38 bits per heavy atom. The summed E-state index contributed by atoms with van der Waals surface area (Å²) in [4.78, 5) is 17.3. The molecule has 1 aromatic heterocycles. The molecule has 0 spiro atoms. The maximum absolute atomic E-state index is 11.9. The van der Waals surface area contributed by atoms with Crippen LogP contribution < -0.4 is 0 Å². The zero-order chi connectivity index (χ0) is 11.5. The number of hydrogen-bond acceptors (Lipinski definition) is 4. The summed E-state index contributed by atoms with van der Waals surface area (Å²) in [7, 11) is 2.12. The first kappa shape index (κ1) is 12.2. The molecule has 16 heavy (non-hydrogen) atoms. The van der Waals surface area contributed by atoms with Crippen LogP contribution in [-0.2, 0) is 0 Å². The van der Waals surface area contributed by atoms with Crippen molar-refractivity contribution in [2.45, 2.75) is 0 Å². The topological polar surface area (TPSA) is 23.6 Å². The minimum atomic E-state index is 0.236. The number of ketones is 1. The number of halogens is 1. The van der Waals surface area contributed by atoms with Crippen molar-refractivity contribution in [2.75, 3.05) is 39.8 Å². The predicted molar refractivity (Wildman–Crippen MR) is 70.3 cm³/mol. The first-order valence-corrected chi connectivity index (χ1v) is 6.95. The fourth-order valence-corrected chi connectivity index (χ4v) is 3.07. The van der Waals surface area contributed by atoms with E-state index in [1.165, 1.54) is 11.3 Å². The standard InChI is InChI=1S/C11H15BrN2OS/c1-13-4-6-14(7-5-13)8-9(15)10-2-3-11(12)16-10/h2-3H,4-8H2,1H3. The molecule has 3 nitrogen and oxygen atoms in total. The molecule has 1 aliphatic rings. The van der Waals surface area contributed by atoms with Crippen LogP contribution in [0.15, 0.2) is 15.9 Å². The third kappa shape index (κ3) is 3.13. The second-order valence-electron chi connectivity index (χ2n) is 4.11. The molecule has 5 heteroatoms. The highest BCUT2D eigenvalue weighted by Gasteiger charge is 2.18. The van der Waals surface area contributed by atoms with Gasteiger partial charge in [0.2, 0.25) is 0 Å². The number of hydrogen-bond donors (Lipinski definition) is 0. The number of carbonyl (C=O) groups excluding carboxylic acids is 1. The van der Waals surface area contributed by atoms with Gasteiger partial charge in [-0.2, -0.15) is 0 Å². The van der Waals surface area contributed by atoms with Gasteiger partial charge in [0.25, 0.3) is 0 Å². The van der Waals surface area contributed by atoms with Gasteiger partial charge in [-0.15, -0.1) is 11.3 Å². The minimum absolute atomic E-state index is 0.236. The summed E-state index contributed by atoms with van der Waals surface area (Å²) in [5, 5.41) is 0. The van der Waals surface area contributed by atoms with Crippen LogP contribution in [-0.4, -0.2) is 55.4 Å². The highest BCUT2D eigenvalue weighted by molar-refractivity contribution is 9.11. The largest absolute Gasteiger partial charge is 0.304 e. The molecule has 1 aliphatic heterocycles. The molecule has 1 aromatic rings. The molecule has 0 bridgehead atoms. The van der Waals surface area contributed by atoms with Gasteiger partial charge in [0.05, 0.1) is 15.2 Å². The summed E-state index contributed by atoms with van der Waals surface area (Å²) in [6.45, 7) is 4.66. The van der Waals surface area contributed by atoms with Crippen molar-refractivity contribution in [3.05, 3.63) is 20.8 Å². The van der Waals surface area contributed by atoms with Crippen LogP contribution in [0.3, 0.4) is 0 Å². The number of likely N-dealkylation sites (N-methyl/N-ethyl adjacent to an activating group) is 1. The van der Waals surface area contributed by atoms with E-state index in [1.807, 2.05) is 12.1 Å². The lowest BCUT2D eigenvalue weighted by molar-refractivity contribution is 0.0880. The van der Waals surface area contributed by atoms with E-state index in [4.69, 9.17) is 0 Å². The SMILES string of the molecule is CN1CCN(CC(=O)c2ccc(Br)s2)CC1. The lowest BCUT2D eigenvalue weighted by atomic mass is 10.2. The monoisotopic (exact) mass is 302 g/mol. The summed E-state index contributed by atoms with van der Waals surface area (Å²) < 4.78 is 1.02. The van der Waals surface area contributed by atoms with Crippen molar-refractivity contribution in [2.24, 2.45) is 0 Å². The van der Waals surface area contributed by atoms with Gasteiger partial charge >= 0.3 is 0 Å². The van der Waals surface area contributed by atoms with Crippen LogP contribution >= 0.6 is 27.3 Å². The normalized spacial score (nSPS) is 18.9. The summed E-state index contributed by atoms with van der Waals surface area (Å²) in [6, 6.07) is 3.83. The van der Waals surface area contributed by atoms with Crippen molar-refractivity contribution in [3.8, 4) is 0 Å². The Labute approximate surface area is 108 Å². The first-order chi connectivity index (χ1) is 7.65. The number of nitrogens with zero attached hydrogens (tertiary/aromatic N) is 2. The molecule has 0 N–H and O–H groups in total. The van der Waals surface area contributed by atoms with Gasteiger partial charge < -0.3 is 4.90 Å². The van der Waals surface area contributed by atoms with Gasteiger partial charge in [0, 0.05) is 26.2 Å². The lowest BCUT2D eigenvalue weighted by Crippen LogP contribution is -2.46. The number of piperazine rings is 1. The molecule has 0 saturated carbocycles. The summed E-state index contributed by atoms with van der Waals surface area (Å²) >= 11 is 4.89. The van der Waals surface area contributed by atoms with E-state index in [-0.39, 0.29) is 5.78 Å². The lowest BCUT2D eigenvalue weighted by Gasteiger charge is -2.31. The van der Waals surface area contributed by atoms with Crippen molar-refractivity contribution < 1.29 is 4.79 Å². The van der Waals surface area contributed by atoms with Crippen LogP contribution in [0.2, 0.25) is 0 Å². The Bertz CT molecular complexity index is 372. The zero-order valence-electron chi connectivity index (χ0n) is 9.28. The van der Waals surface area contributed by atoms with E-state index in [1.54, 1.807) is 0 Å². The summed E-state index contributed by atoms with van der Waals surface area (Å²) in [5.41, 5.74) is 0. The molecule has 2 heterocycles. The van der Waals surface area contributed by atoms with Crippen LogP contribution in [0, 0.1) is 0 Å². The molecule has 88 valence electrons. The molecule has 0 radical (unpaired) electrons. The van der Waals surface area contributed by atoms with E-state index in [0.29, 0.717) is 6.54 Å². The van der Waals surface area contributed by atoms with Crippen molar-refractivity contribution in [3.63, 3.8) is 0 Å². The molecule has 0 amide bonds. The Morgan fingerprint density at radius 2 is 2.06 bits per heavy atom. The minimum Gasteiger partial charge on any atom is -0.304 e. The zero-order valence-corrected chi connectivity index (χ0v) is 11.7. The van der Waals surface area contributed by atoms with Gasteiger partial charge in [0.1, 0.15) is 0 Å². The Hall–Kier alpha value is -0.230. The molecule has 1 saturated heterocycles. The molecule has 0 unspecified atom stereocenters.